The first-order valence-corrected chi connectivity index (χ1v) is 13.2. The first-order chi connectivity index (χ1) is 16.7. The maximum atomic E-state index is 8.70. The summed E-state index contributed by atoms with van der Waals surface area (Å²) in [4.78, 5) is 9.83. The Morgan fingerprint density at radius 3 is 2.32 bits per heavy atom. The van der Waals surface area contributed by atoms with Crippen LogP contribution < -0.4 is 10.2 Å². The minimum atomic E-state index is 0.300. The number of nitrogens with zero attached hydrogens (tertiary/aromatic N) is 3. The molecule has 2 aliphatic heterocycles. The van der Waals surface area contributed by atoms with Crippen molar-refractivity contribution in [2.75, 3.05) is 56.2 Å². The molecule has 2 aromatic rings. The summed E-state index contributed by atoms with van der Waals surface area (Å²) in [7, 11) is 0. The number of rotatable bonds is 10. The molecule has 0 aliphatic carbocycles. The monoisotopic (exact) mass is 483 g/mol. The molecule has 184 valence electrons. The molecule has 1 aromatic carbocycles. The Morgan fingerprint density at radius 2 is 1.59 bits per heavy atom. The van der Waals surface area contributed by atoms with Gasteiger partial charge in [0.15, 0.2) is 0 Å². The normalized spacial score (nSPS) is 17.4. The highest BCUT2D eigenvalue weighted by atomic mass is 35.5. The highest BCUT2D eigenvalue weighted by Crippen LogP contribution is 2.23. The minimum absolute atomic E-state index is 0.300. The Labute approximate surface area is 209 Å². The molecule has 2 fully saturated rings. The lowest BCUT2D eigenvalue weighted by molar-refractivity contribution is 0.140. The SMILES string of the molecule is N=C(COCCN1CCCC1)c1ccc(N2CCCCCCC2)nc1NCc1ccc(Cl)cc1. The van der Waals surface area contributed by atoms with Crippen molar-refractivity contribution < 1.29 is 4.74 Å². The Balaban J connectivity index is 1.43. The topological polar surface area (TPSA) is 64.5 Å². The van der Waals surface area contributed by atoms with E-state index in [2.05, 4.69) is 21.2 Å². The van der Waals surface area contributed by atoms with E-state index in [1.54, 1.807) is 0 Å². The summed E-state index contributed by atoms with van der Waals surface area (Å²) in [6.45, 7) is 6.96. The van der Waals surface area contributed by atoms with Crippen LogP contribution in [-0.4, -0.2) is 61.5 Å². The fraction of sp³-hybridized carbons (Fsp3) is 0.556. The molecule has 0 unspecified atom stereocenters. The van der Waals surface area contributed by atoms with E-state index in [4.69, 9.17) is 26.7 Å². The Kier molecular flexibility index (Phi) is 9.60. The van der Waals surface area contributed by atoms with E-state index in [0.717, 1.165) is 47.4 Å². The van der Waals surface area contributed by atoms with Gasteiger partial charge in [0, 0.05) is 36.8 Å². The van der Waals surface area contributed by atoms with Crippen LogP contribution in [0.4, 0.5) is 11.6 Å². The van der Waals surface area contributed by atoms with Crippen LogP contribution in [0, 0.1) is 5.41 Å². The zero-order valence-electron chi connectivity index (χ0n) is 20.2. The first kappa shape index (κ1) is 25.0. The zero-order chi connectivity index (χ0) is 23.6. The van der Waals surface area contributed by atoms with E-state index in [9.17, 15) is 0 Å². The van der Waals surface area contributed by atoms with Gasteiger partial charge in [0.1, 0.15) is 11.6 Å². The van der Waals surface area contributed by atoms with E-state index >= 15 is 0 Å². The highest BCUT2D eigenvalue weighted by Gasteiger charge is 2.16. The molecular weight excluding hydrogens is 446 g/mol. The number of hydrogen-bond donors (Lipinski definition) is 2. The minimum Gasteiger partial charge on any atom is -0.374 e. The zero-order valence-corrected chi connectivity index (χ0v) is 21.0. The summed E-state index contributed by atoms with van der Waals surface area (Å²) >= 11 is 6.05. The average Bonchev–Trinajstić information content (AvgIpc) is 3.35. The number of nitrogens with one attached hydrogen (secondary N) is 2. The van der Waals surface area contributed by atoms with Crippen molar-refractivity contribution >= 4 is 28.9 Å². The van der Waals surface area contributed by atoms with Gasteiger partial charge in [-0.25, -0.2) is 4.98 Å². The van der Waals surface area contributed by atoms with Gasteiger partial charge in [-0.15, -0.1) is 0 Å². The average molecular weight is 484 g/mol. The Bertz CT molecular complexity index is 906. The standard InChI is InChI=1S/C27H38ClN5O/c28-23-10-8-22(9-11-23)20-30-27-24(25(29)21-34-19-18-32-14-6-7-15-32)12-13-26(31-27)33-16-4-2-1-3-5-17-33/h8-13,29H,1-7,14-21H2,(H,30,31). The molecule has 0 bridgehead atoms. The number of halogens is 1. The lowest BCUT2D eigenvalue weighted by atomic mass is 10.1. The number of ether oxygens (including phenoxy) is 1. The van der Waals surface area contributed by atoms with Crippen molar-refractivity contribution in [3.05, 3.63) is 52.5 Å². The molecular formula is C27H38ClN5O. The van der Waals surface area contributed by atoms with Crippen molar-refractivity contribution in [2.24, 2.45) is 0 Å². The second kappa shape index (κ2) is 13.1. The molecule has 3 heterocycles. The predicted octanol–water partition coefficient (Wildman–Crippen LogP) is 5.60. The van der Waals surface area contributed by atoms with Gasteiger partial charge in [0.05, 0.1) is 18.9 Å². The molecule has 2 aliphatic rings. The van der Waals surface area contributed by atoms with Crippen molar-refractivity contribution in [1.82, 2.24) is 9.88 Å². The van der Waals surface area contributed by atoms with Gasteiger partial charge in [-0.2, -0.15) is 0 Å². The molecule has 1 aromatic heterocycles. The number of anilines is 2. The maximum absolute atomic E-state index is 8.70. The molecule has 0 spiro atoms. The summed E-state index contributed by atoms with van der Waals surface area (Å²) in [5, 5.41) is 12.9. The van der Waals surface area contributed by atoms with Crippen LogP contribution in [0.15, 0.2) is 36.4 Å². The third-order valence-corrected chi connectivity index (χ3v) is 7.01. The number of benzene rings is 1. The van der Waals surface area contributed by atoms with Crippen LogP contribution in [0.3, 0.4) is 0 Å². The largest absolute Gasteiger partial charge is 0.374 e. The van der Waals surface area contributed by atoms with Crippen LogP contribution >= 0.6 is 11.6 Å². The smallest absolute Gasteiger partial charge is 0.137 e. The third kappa shape index (κ3) is 7.42. The van der Waals surface area contributed by atoms with Crippen LogP contribution in [0.5, 0.6) is 0 Å². The molecule has 0 radical (unpaired) electrons. The van der Waals surface area contributed by atoms with Crippen molar-refractivity contribution in [2.45, 2.75) is 51.5 Å². The van der Waals surface area contributed by atoms with Gasteiger partial charge >= 0.3 is 0 Å². The third-order valence-electron chi connectivity index (χ3n) is 6.76. The van der Waals surface area contributed by atoms with Gasteiger partial charge in [-0.3, -0.25) is 0 Å². The number of aromatic nitrogens is 1. The van der Waals surface area contributed by atoms with E-state index < -0.39 is 0 Å². The van der Waals surface area contributed by atoms with Crippen LogP contribution in [0.1, 0.15) is 56.1 Å². The molecule has 0 atom stereocenters. The molecule has 4 rings (SSSR count). The maximum Gasteiger partial charge on any atom is 0.137 e. The van der Waals surface area contributed by atoms with Crippen molar-refractivity contribution in [1.29, 1.82) is 5.41 Å². The number of likely N-dealkylation sites (tertiary alicyclic amines) is 1. The first-order valence-electron chi connectivity index (χ1n) is 12.8. The van der Waals surface area contributed by atoms with E-state index in [1.807, 2.05) is 30.3 Å². The van der Waals surface area contributed by atoms with Crippen molar-refractivity contribution in [3.63, 3.8) is 0 Å². The summed E-state index contributed by atoms with van der Waals surface area (Å²) in [6.07, 6.45) is 8.89. The fourth-order valence-electron chi connectivity index (χ4n) is 4.72. The van der Waals surface area contributed by atoms with Gasteiger partial charge < -0.3 is 25.3 Å². The summed E-state index contributed by atoms with van der Waals surface area (Å²) in [5.41, 5.74) is 2.40. The van der Waals surface area contributed by atoms with Crippen molar-refractivity contribution in [3.8, 4) is 0 Å². The summed E-state index contributed by atoms with van der Waals surface area (Å²) in [5.74, 6) is 1.75. The fourth-order valence-corrected chi connectivity index (χ4v) is 4.85. The molecule has 7 heteroatoms. The van der Waals surface area contributed by atoms with Crippen LogP contribution in [-0.2, 0) is 11.3 Å². The van der Waals surface area contributed by atoms with Gasteiger partial charge in [0.25, 0.3) is 0 Å². The highest BCUT2D eigenvalue weighted by molar-refractivity contribution is 6.30. The lowest BCUT2D eigenvalue weighted by Gasteiger charge is -2.27. The summed E-state index contributed by atoms with van der Waals surface area (Å²) < 4.78 is 5.87. The van der Waals surface area contributed by atoms with E-state index in [-0.39, 0.29) is 0 Å². The van der Waals surface area contributed by atoms with E-state index in [1.165, 1.54) is 58.0 Å². The van der Waals surface area contributed by atoms with Gasteiger partial charge in [-0.05, 0) is 68.6 Å². The van der Waals surface area contributed by atoms with Crippen LogP contribution in [0.2, 0.25) is 5.02 Å². The molecule has 2 saturated heterocycles. The number of pyridine rings is 1. The number of hydrogen-bond acceptors (Lipinski definition) is 6. The quantitative estimate of drug-likeness (QED) is 0.340. The molecule has 0 amide bonds. The van der Waals surface area contributed by atoms with Crippen LogP contribution in [0.25, 0.3) is 0 Å². The van der Waals surface area contributed by atoms with Gasteiger partial charge in [0.2, 0.25) is 0 Å². The predicted molar refractivity (Wildman–Crippen MR) is 142 cm³/mol. The Hall–Kier alpha value is -2.15. The lowest BCUT2D eigenvalue weighted by Crippen LogP contribution is -2.28. The van der Waals surface area contributed by atoms with Gasteiger partial charge in [-0.1, -0.05) is 43.0 Å². The molecule has 6 nitrogen and oxygen atoms in total. The second-order valence-corrected chi connectivity index (χ2v) is 9.82. The summed E-state index contributed by atoms with van der Waals surface area (Å²) in [6, 6.07) is 12.0. The molecule has 0 saturated carbocycles. The molecule has 34 heavy (non-hydrogen) atoms. The Morgan fingerprint density at radius 1 is 0.912 bits per heavy atom. The van der Waals surface area contributed by atoms with E-state index in [0.29, 0.717) is 25.5 Å². The molecule has 2 N–H and O–H groups in total. The second-order valence-electron chi connectivity index (χ2n) is 9.38.